The highest BCUT2D eigenvalue weighted by molar-refractivity contribution is 6.39. The number of aromatic nitrogens is 1. The minimum atomic E-state index is -0.834. The summed E-state index contributed by atoms with van der Waals surface area (Å²) in [6, 6.07) is 8.70. The summed E-state index contributed by atoms with van der Waals surface area (Å²) in [5.41, 5.74) is 0.823. The molecule has 1 heterocycles. The molecule has 0 bridgehead atoms. The summed E-state index contributed by atoms with van der Waals surface area (Å²) in [5, 5.41) is 8.30. The zero-order chi connectivity index (χ0) is 16.7. The van der Waals surface area contributed by atoms with Crippen molar-refractivity contribution in [1.82, 2.24) is 10.5 Å². The Morgan fingerprint density at radius 2 is 2.09 bits per heavy atom. The van der Waals surface area contributed by atoms with E-state index in [1.54, 1.807) is 19.2 Å². The van der Waals surface area contributed by atoms with Gasteiger partial charge in [0.15, 0.2) is 5.82 Å². The van der Waals surface area contributed by atoms with Crippen LogP contribution in [0.4, 0.5) is 5.82 Å². The van der Waals surface area contributed by atoms with Gasteiger partial charge in [-0.05, 0) is 17.7 Å². The Morgan fingerprint density at radius 1 is 1.26 bits per heavy atom. The molecule has 1 aromatic carbocycles. The van der Waals surface area contributed by atoms with Gasteiger partial charge >= 0.3 is 11.8 Å². The smallest absolute Gasteiger partial charge is 0.314 e. The van der Waals surface area contributed by atoms with Crippen LogP contribution in [-0.4, -0.2) is 37.7 Å². The summed E-state index contributed by atoms with van der Waals surface area (Å²) >= 11 is 0. The van der Waals surface area contributed by atoms with Crippen LogP contribution < -0.4 is 15.4 Å². The molecule has 1 aromatic heterocycles. The second-order valence-corrected chi connectivity index (χ2v) is 4.55. The van der Waals surface area contributed by atoms with Crippen LogP contribution in [0.1, 0.15) is 11.7 Å². The molecule has 2 aromatic rings. The number of benzene rings is 1. The van der Waals surface area contributed by atoms with Crippen molar-refractivity contribution < 1.29 is 23.6 Å². The van der Waals surface area contributed by atoms with Crippen LogP contribution >= 0.6 is 0 Å². The number of methoxy groups -OCH3 is 2. The van der Waals surface area contributed by atoms with Crippen molar-refractivity contribution in [3.8, 4) is 5.75 Å². The van der Waals surface area contributed by atoms with Gasteiger partial charge in [0.1, 0.15) is 12.0 Å². The van der Waals surface area contributed by atoms with E-state index in [0.717, 1.165) is 5.56 Å². The van der Waals surface area contributed by atoms with Crippen LogP contribution in [0, 0.1) is 0 Å². The summed E-state index contributed by atoms with van der Waals surface area (Å²) in [4.78, 5) is 23.5. The van der Waals surface area contributed by atoms with E-state index in [2.05, 4.69) is 20.3 Å². The van der Waals surface area contributed by atoms with Crippen LogP contribution in [-0.2, 0) is 14.3 Å². The normalized spacial score (nSPS) is 11.6. The first-order valence-electron chi connectivity index (χ1n) is 6.80. The van der Waals surface area contributed by atoms with E-state index in [4.69, 9.17) is 9.47 Å². The third kappa shape index (κ3) is 4.55. The average Bonchev–Trinajstić information content (AvgIpc) is 3.08. The van der Waals surface area contributed by atoms with Crippen LogP contribution in [0.25, 0.3) is 0 Å². The van der Waals surface area contributed by atoms with Crippen molar-refractivity contribution in [2.24, 2.45) is 0 Å². The third-order valence-corrected chi connectivity index (χ3v) is 3.08. The molecule has 0 saturated heterocycles. The van der Waals surface area contributed by atoms with Gasteiger partial charge in [0.2, 0.25) is 0 Å². The lowest BCUT2D eigenvalue weighted by Gasteiger charge is -2.17. The van der Waals surface area contributed by atoms with Gasteiger partial charge in [-0.3, -0.25) is 14.9 Å². The SMILES string of the molecule is COc1cccc([C@@H](CNC(=O)C(=O)Nc2ccon2)OC)c1. The van der Waals surface area contributed by atoms with Crippen molar-refractivity contribution in [2.75, 3.05) is 26.1 Å². The van der Waals surface area contributed by atoms with Gasteiger partial charge in [0.05, 0.1) is 13.2 Å². The lowest BCUT2D eigenvalue weighted by molar-refractivity contribution is -0.136. The highest BCUT2D eigenvalue weighted by atomic mass is 16.5. The average molecular weight is 319 g/mol. The van der Waals surface area contributed by atoms with Crippen LogP contribution in [0.15, 0.2) is 41.1 Å². The minimum absolute atomic E-state index is 0.134. The summed E-state index contributed by atoms with van der Waals surface area (Å²) in [6.07, 6.45) is 0.881. The van der Waals surface area contributed by atoms with Gasteiger partial charge in [-0.15, -0.1) is 0 Å². The van der Waals surface area contributed by atoms with Crippen molar-refractivity contribution in [2.45, 2.75) is 6.10 Å². The molecule has 8 nitrogen and oxygen atoms in total. The molecule has 0 saturated carbocycles. The van der Waals surface area contributed by atoms with Crippen molar-refractivity contribution in [1.29, 1.82) is 0 Å². The van der Waals surface area contributed by atoms with E-state index in [1.807, 2.05) is 12.1 Å². The zero-order valence-electron chi connectivity index (χ0n) is 12.7. The van der Waals surface area contributed by atoms with Gasteiger partial charge < -0.3 is 19.3 Å². The topological polar surface area (TPSA) is 103 Å². The Balaban J connectivity index is 1.91. The maximum absolute atomic E-state index is 11.8. The Hall–Kier alpha value is -2.87. The van der Waals surface area contributed by atoms with Crippen LogP contribution in [0.2, 0.25) is 0 Å². The molecule has 2 N–H and O–H groups in total. The molecule has 2 rings (SSSR count). The van der Waals surface area contributed by atoms with Crippen LogP contribution in [0.3, 0.4) is 0 Å². The number of nitrogens with one attached hydrogen (secondary N) is 2. The third-order valence-electron chi connectivity index (χ3n) is 3.08. The first kappa shape index (κ1) is 16.5. The zero-order valence-corrected chi connectivity index (χ0v) is 12.7. The Labute approximate surface area is 132 Å². The number of amides is 2. The van der Waals surface area contributed by atoms with Gasteiger partial charge in [-0.25, -0.2) is 0 Å². The highest BCUT2D eigenvalue weighted by Crippen LogP contribution is 2.20. The molecule has 0 unspecified atom stereocenters. The largest absolute Gasteiger partial charge is 0.497 e. The Bertz CT molecular complexity index is 657. The number of hydrogen-bond donors (Lipinski definition) is 2. The molecular formula is C15H17N3O5. The molecule has 0 aliphatic heterocycles. The van der Waals surface area contributed by atoms with E-state index < -0.39 is 17.9 Å². The summed E-state index contributed by atoms with van der Waals surface area (Å²) in [7, 11) is 3.09. The lowest BCUT2D eigenvalue weighted by atomic mass is 10.1. The molecule has 0 radical (unpaired) electrons. The minimum Gasteiger partial charge on any atom is -0.497 e. The van der Waals surface area contributed by atoms with Gasteiger partial charge in [-0.1, -0.05) is 17.3 Å². The van der Waals surface area contributed by atoms with E-state index in [1.165, 1.54) is 19.4 Å². The first-order valence-corrected chi connectivity index (χ1v) is 6.80. The molecule has 0 spiro atoms. The summed E-state index contributed by atoms with van der Waals surface area (Å²) in [6.45, 7) is 0.134. The number of carbonyl (C=O) groups excluding carboxylic acids is 2. The predicted octanol–water partition coefficient (Wildman–Crippen LogP) is 1.13. The molecule has 2 amide bonds. The number of nitrogens with zero attached hydrogens (tertiary/aromatic N) is 1. The molecule has 0 aliphatic carbocycles. The highest BCUT2D eigenvalue weighted by Gasteiger charge is 2.18. The summed E-state index contributed by atoms with van der Waals surface area (Å²) < 4.78 is 15.1. The number of hydrogen-bond acceptors (Lipinski definition) is 6. The quantitative estimate of drug-likeness (QED) is 0.774. The molecule has 23 heavy (non-hydrogen) atoms. The fourth-order valence-electron chi connectivity index (χ4n) is 1.89. The Kier molecular flexibility index (Phi) is 5.70. The summed E-state index contributed by atoms with van der Waals surface area (Å²) in [5.74, 6) is -0.779. The number of carbonyl (C=O) groups is 2. The van der Waals surface area contributed by atoms with Crippen molar-refractivity contribution in [3.63, 3.8) is 0 Å². The fourth-order valence-corrected chi connectivity index (χ4v) is 1.89. The Morgan fingerprint density at radius 3 is 2.74 bits per heavy atom. The number of anilines is 1. The second-order valence-electron chi connectivity index (χ2n) is 4.55. The lowest BCUT2D eigenvalue weighted by Crippen LogP contribution is -2.38. The van der Waals surface area contributed by atoms with Crippen molar-refractivity contribution in [3.05, 3.63) is 42.2 Å². The van der Waals surface area contributed by atoms with E-state index >= 15 is 0 Å². The van der Waals surface area contributed by atoms with Crippen LogP contribution in [0.5, 0.6) is 5.75 Å². The van der Waals surface area contributed by atoms with Gasteiger partial charge in [0.25, 0.3) is 0 Å². The monoisotopic (exact) mass is 319 g/mol. The fraction of sp³-hybridized carbons (Fsp3) is 0.267. The predicted molar refractivity (Wildman–Crippen MR) is 80.9 cm³/mol. The van der Waals surface area contributed by atoms with Gasteiger partial charge in [-0.2, -0.15) is 0 Å². The molecule has 0 aliphatic rings. The molecule has 1 atom stereocenters. The maximum atomic E-state index is 11.8. The molecule has 8 heteroatoms. The second kappa shape index (κ2) is 7.95. The molecule has 0 fully saturated rings. The maximum Gasteiger partial charge on any atom is 0.314 e. The molecule has 122 valence electrons. The first-order chi connectivity index (χ1) is 11.1. The van der Waals surface area contributed by atoms with Crippen molar-refractivity contribution >= 4 is 17.6 Å². The van der Waals surface area contributed by atoms with E-state index in [-0.39, 0.29) is 12.4 Å². The van der Waals surface area contributed by atoms with Gasteiger partial charge in [0, 0.05) is 19.7 Å². The molecular weight excluding hydrogens is 302 g/mol. The number of ether oxygens (including phenoxy) is 2. The van der Waals surface area contributed by atoms with E-state index in [0.29, 0.717) is 5.75 Å². The van der Waals surface area contributed by atoms with E-state index in [9.17, 15) is 9.59 Å². The number of rotatable bonds is 6. The standard InChI is InChI=1S/C15H17N3O5/c1-21-11-5-3-4-10(8-11)12(22-2)9-16-14(19)15(20)17-13-6-7-23-18-13/h3-8,12H,9H2,1-2H3,(H,16,19)(H,17,18,20)/t12-/m1/s1.